The van der Waals surface area contributed by atoms with Gasteiger partial charge in [0.05, 0.1) is 39.1 Å². The Bertz CT molecular complexity index is 352. The highest BCUT2D eigenvalue weighted by molar-refractivity contribution is 5.09. The average Bonchev–Trinajstić information content (AvgIpc) is 2.93. The highest BCUT2D eigenvalue weighted by Crippen LogP contribution is 2.12. The number of hydrogen-bond donors (Lipinski definition) is 1. The SMILES string of the molecule is CCCCOCCOCCOCCn1cccc1C(C)O. The molecule has 122 valence electrons. The summed E-state index contributed by atoms with van der Waals surface area (Å²) in [6.45, 7) is 8.54. The lowest BCUT2D eigenvalue weighted by atomic mass is 10.3. The first-order chi connectivity index (χ1) is 10.3. The number of aromatic nitrogens is 1. The number of ether oxygens (including phenoxy) is 3. The Balaban J connectivity index is 1.92. The molecule has 0 saturated heterocycles. The lowest BCUT2D eigenvalue weighted by Crippen LogP contribution is -2.13. The number of aliphatic hydroxyl groups excluding tert-OH is 1. The fourth-order valence-electron chi connectivity index (χ4n) is 1.96. The van der Waals surface area contributed by atoms with Crippen LogP contribution in [0.5, 0.6) is 0 Å². The molecule has 1 atom stereocenters. The molecule has 0 amide bonds. The van der Waals surface area contributed by atoms with Crippen LogP contribution in [-0.2, 0) is 20.8 Å². The van der Waals surface area contributed by atoms with E-state index in [2.05, 4.69) is 6.92 Å². The van der Waals surface area contributed by atoms with Gasteiger partial charge in [0, 0.05) is 25.0 Å². The molecule has 0 aliphatic carbocycles. The Morgan fingerprint density at radius 2 is 1.67 bits per heavy atom. The number of nitrogens with zero attached hydrogens (tertiary/aromatic N) is 1. The Kier molecular flexibility index (Phi) is 10.2. The van der Waals surface area contributed by atoms with Crippen molar-refractivity contribution < 1.29 is 19.3 Å². The summed E-state index contributed by atoms with van der Waals surface area (Å²) in [5.41, 5.74) is 0.916. The van der Waals surface area contributed by atoms with Gasteiger partial charge < -0.3 is 23.9 Å². The Hall–Kier alpha value is -0.880. The van der Waals surface area contributed by atoms with Gasteiger partial charge in [0.25, 0.3) is 0 Å². The van der Waals surface area contributed by atoms with E-state index >= 15 is 0 Å². The van der Waals surface area contributed by atoms with Crippen molar-refractivity contribution in [3.63, 3.8) is 0 Å². The number of aliphatic hydroxyl groups is 1. The molecule has 0 aromatic carbocycles. The lowest BCUT2D eigenvalue weighted by Gasteiger charge is -2.11. The fraction of sp³-hybridized carbons (Fsp3) is 0.750. The third-order valence-corrected chi connectivity index (χ3v) is 3.16. The average molecular weight is 299 g/mol. The van der Waals surface area contributed by atoms with Crippen LogP contribution in [0.15, 0.2) is 18.3 Å². The molecule has 0 fully saturated rings. The molecule has 5 heteroatoms. The van der Waals surface area contributed by atoms with Crippen LogP contribution in [-0.4, -0.2) is 49.3 Å². The molecule has 1 aromatic rings. The van der Waals surface area contributed by atoms with Crippen molar-refractivity contribution in [2.75, 3.05) is 39.6 Å². The molecule has 1 unspecified atom stereocenters. The molecule has 0 aliphatic heterocycles. The second-order valence-corrected chi connectivity index (χ2v) is 4.99. The molecule has 5 nitrogen and oxygen atoms in total. The molecule has 1 N–H and O–H groups in total. The largest absolute Gasteiger partial charge is 0.387 e. The van der Waals surface area contributed by atoms with Crippen LogP contribution >= 0.6 is 0 Å². The summed E-state index contributed by atoms with van der Waals surface area (Å²) in [6.07, 6.45) is 3.77. The normalized spacial score (nSPS) is 12.7. The van der Waals surface area contributed by atoms with Crippen molar-refractivity contribution in [3.05, 3.63) is 24.0 Å². The quantitative estimate of drug-likeness (QED) is 0.568. The molecule has 0 saturated carbocycles. The Morgan fingerprint density at radius 3 is 2.29 bits per heavy atom. The van der Waals surface area contributed by atoms with E-state index in [0.717, 1.165) is 31.7 Å². The molecule has 0 spiro atoms. The van der Waals surface area contributed by atoms with Crippen molar-refractivity contribution in [3.8, 4) is 0 Å². The summed E-state index contributed by atoms with van der Waals surface area (Å²) >= 11 is 0. The molecule has 1 aromatic heterocycles. The van der Waals surface area contributed by atoms with Gasteiger partial charge in [-0.3, -0.25) is 0 Å². The van der Waals surface area contributed by atoms with Gasteiger partial charge in [-0.2, -0.15) is 0 Å². The van der Waals surface area contributed by atoms with E-state index in [9.17, 15) is 5.11 Å². The van der Waals surface area contributed by atoms with Gasteiger partial charge in [-0.15, -0.1) is 0 Å². The first kappa shape index (κ1) is 18.2. The van der Waals surface area contributed by atoms with Crippen molar-refractivity contribution in [2.24, 2.45) is 0 Å². The van der Waals surface area contributed by atoms with Crippen LogP contribution in [0.1, 0.15) is 38.5 Å². The second kappa shape index (κ2) is 11.7. The Morgan fingerprint density at radius 1 is 1.05 bits per heavy atom. The van der Waals surface area contributed by atoms with E-state index in [4.69, 9.17) is 14.2 Å². The molecular formula is C16H29NO4. The minimum absolute atomic E-state index is 0.448. The van der Waals surface area contributed by atoms with Crippen LogP contribution in [0.4, 0.5) is 0 Å². The van der Waals surface area contributed by atoms with E-state index in [1.165, 1.54) is 0 Å². The van der Waals surface area contributed by atoms with Gasteiger partial charge in [0.1, 0.15) is 0 Å². The summed E-state index contributed by atoms with van der Waals surface area (Å²) in [5.74, 6) is 0. The molecule has 0 radical (unpaired) electrons. The molecule has 0 aliphatic rings. The standard InChI is InChI=1S/C16H29NO4/c1-3-4-9-19-11-13-21-14-12-20-10-8-17-7-5-6-16(17)15(2)18/h5-7,15,18H,3-4,8-14H2,1-2H3. The van der Waals surface area contributed by atoms with Gasteiger partial charge in [-0.1, -0.05) is 13.3 Å². The van der Waals surface area contributed by atoms with Gasteiger partial charge in [-0.25, -0.2) is 0 Å². The summed E-state index contributed by atoms with van der Waals surface area (Å²) < 4.78 is 18.3. The zero-order chi connectivity index (χ0) is 15.3. The molecule has 21 heavy (non-hydrogen) atoms. The van der Waals surface area contributed by atoms with E-state index in [1.807, 2.05) is 22.9 Å². The summed E-state index contributed by atoms with van der Waals surface area (Å²) in [5, 5.41) is 9.58. The fourth-order valence-corrected chi connectivity index (χ4v) is 1.96. The molecule has 1 heterocycles. The van der Waals surface area contributed by atoms with Crippen molar-refractivity contribution >= 4 is 0 Å². The van der Waals surface area contributed by atoms with E-state index in [0.29, 0.717) is 33.0 Å². The monoisotopic (exact) mass is 299 g/mol. The number of unbranched alkanes of at least 4 members (excludes halogenated alkanes) is 1. The van der Waals surface area contributed by atoms with Crippen LogP contribution in [0, 0.1) is 0 Å². The zero-order valence-electron chi connectivity index (χ0n) is 13.3. The van der Waals surface area contributed by atoms with Crippen molar-refractivity contribution in [1.82, 2.24) is 4.57 Å². The number of rotatable bonds is 13. The van der Waals surface area contributed by atoms with Gasteiger partial charge in [-0.05, 0) is 25.5 Å². The van der Waals surface area contributed by atoms with Crippen LogP contribution < -0.4 is 0 Å². The summed E-state index contributed by atoms with van der Waals surface area (Å²) in [4.78, 5) is 0. The minimum atomic E-state index is -0.448. The topological polar surface area (TPSA) is 52.9 Å². The highest BCUT2D eigenvalue weighted by Gasteiger charge is 2.05. The predicted molar refractivity (Wildman–Crippen MR) is 82.4 cm³/mol. The number of hydrogen-bond acceptors (Lipinski definition) is 4. The third kappa shape index (κ3) is 8.21. The molecule has 1 rings (SSSR count). The summed E-state index contributed by atoms with van der Waals surface area (Å²) in [7, 11) is 0. The maximum atomic E-state index is 9.58. The lowest BCUT2D eigenvalue weighted by molar-refractivity contribution is 0.0125. The predicted octanol–water partition coefficient (Wildman–Crippen LogP) is 2.39. The minimum Gasteiger partial charge on any atom is -0.387 e. The van der Waals surface area contributed by atoms with E-state index < -0.39 is 6.10 Å². The molecular weight excluding hydrogens is 270 g/mol. The second-order valence-electron chi connectivity index (χ2n) is 4.99. The van der Waals surface area contributed by atoms with Gasteiger partial charge in [0.2, 0.25) is 0 Å². The maximum Gasteiger partial charge on any atom is 0.0911 e. The van der Waals surface area contributed by atoms with Crippen molar-refractivity contribution in [1.29, 1.82) is 0 Å². The van der Waals surface area contributed by atoms with Crippen molar-refractivity contribution in [2.45, 2.75) is 39.3 Å². The van der Waals surface area contributed by atoms with Crippen LogP contribution in [0.3, 0.4) is 0 Å². The first-order valence-electron chi connectivity index (χ1n) is 7.82. The first-order valence-corrected chi connectivity index (χ1v) is 7.82. The van der Waals surface area contributed by atoms with E-state index in [-0.39, 0.29) is 0 Å². The van der Waals surface area contributed by atoms with E-state index in [1.54, 1.807) is 6.92 Å². The van der Waals surface area contributed by atoms with Crippen LogP contribution in [0.25, 0.3) is 0 Å². The van der Waals surface area contributed by atoms with Crippen LogP contribution in [0.2, 0.25) is 0 Å². The van der Waals surface area contributed by atoms with Gasteiger partial charge in [0.15, 0.2) is 0 Å². The summed E-state index contributed by atoms with van der Waals surface area (Å²) in [6, 6.07) is 3.86. The smallest absolute Gasteiger partial charge is 0.0911 e. The highest BCUT2D eigenvalue weighted by atomic mass is 16.5. The zero-order valence-corrected chi connectivity index (χ0v) is 13.3. The molecule has 0 bridgehead atoms. The third-order valence-electron chi connectivity index (χ3n) is 3.16. The Labute approximate surface area is 127 Å². The maximum absolute atomic E-state index is 9.58. The van der Waals surface area contributed by atoms with Gasteiger partial charge >= 0.3 is 0 Å².